The molecule has 0 atom stereocenters. The molecule has 0 radical (unpaired) electrons. The van der Waals surface area contributed by atoms with E-state index in [1.54, 1.807) is 24.3 Å². The van der Waals surface area contributed by atoms with Gasteiger partial charge in [-0.1, -0.05) is 23.7 Å². The lowest BCUT2D eigenvalue weighted by molar-refractivity contribution is -0.384. The zero-order valence-corrected chi connectivity index (χ0v) is 19.2. The van der Waals surface area contributed by atoms with Crippen LogP contribution in [0.15, 0.2) is 81.8 Å². The molecule has 0 aliphatic heterocycles. The van der Waals surface area contributed by atoms with E-state index in [1.807, 2.05) is 0 Å². The highest BCUT2D eigenvalue weighted by Crippen LogP contribution is 2.27. The van der Waals surface area contributed by atoms with Crippen LogP contribution in [0.4, 0.5) is 17.1 Å². The van der Waals surface area contributed by atoms with E-state index in [0.717, 1.165) is 0 Å². The van der Waals surface area contributed by atoms with Crippen LogP contribution >= 0.6 is 23.8 Å². The number of carbonyl (C=O) groups is 2. The van der Waals surface area contributed by atoms with Gasteiger partial charge in [-0.15, -0.1) is 0 Å². The van der Waals surface area contributed by atoms with Crippen LogP contribution in [0.1, 0.15) is 21.1 Å². The molecule has 10 nitrogen and oxygen atoms in total. The van der Waals surface area contributed by atoms with Crippen LogP contribution in [-0.4, -0.2) is 21.9 Å². The van der Waals surface area contributed by atoms with E-state index >= 15 is 0 Å². The van der Waals surface area contributed by atoms with Crippen LogP contribution in [0.25, 0.3) is 11.3 Å². The van der Waals surface area contributed by atoms with E-state index in [2.05, 4.69) is 16.0 Å². The Morgan fingerprint density at radius 3 is 2.49 bits per heavy atom. The Hall–Kier alpha value is -4.48. The Bertz CT molecular complexity index is 1430. The van der Waals surface area contributed by atoms with E-state index < -0.39 is 16.7 Å². The predicted octanol–water partition coefficient (Wildman–Crippen LogP) is 5.48. The molecule has 0 fully saturated rings. The topological polar surface area (TPSA) is 140 Å². The largest absolute Gasteiger partial charge is 0.459 e. The number of non-ortho nitro benzene ring substituents is 1. The maximum Gasteiger partial charge on any atom is 0.293 e. The van der Waals surface area contributed by atoms with Crippen molar-refractivity contribution in [3.05, 3.63) is 99.7 Å². The van der Waals surface area contributed by atoms with Gasteiger partial charge in [-0.2, -0.15) is 0 Å². The Labute approximate surface area is 208 Å². The van der Waals surface area contributed by atoms with Crippen molar-refractivity contribution in [2.75, 3.05) is 10.6 Å². The number of amides is 2. The third kappa shape index (κ3) is 5.72. The summed E-state index contributed by atoms with van der Waals surface area (Å²) < 4.78 is 10.6. The van der Waals surface area contributed by atoms with Gasteiger partial charge in [-0.3, -0.25) is 25.0 Å². The highest BCUT2D eigenvalue weighted by atomic mass is 35.5. The molecule has 4 rings (SSSR count). The Morgan fingerprint density at radius 2 is 1.77 bits per heavy atom. The number of hydrogen-bond acceptors (Lipinski definition) is 7. The van der Waals surface area contributed by atoms with E-state index in [0.29, 0.717) is 16.9 Å². The summed E-state index contributed by atoms with van der Waals surface area (Å²) in [5.74, 6) is -0.684. The molecule has 176 valence electrons. The van der Waals surface area contributed by atoms with E-state index in [-0.39, 0.29) is 33.1 Å². The van der Waals surface area contributed by atoms with Gasteiger partial charge >= 0.3 is 0 Å². The van der Waals surface area contributed by atoms with Gasteiger partial charge in [0.1, 0.15) is 5.76 Å². The van der Waals surface area contributed by atoms with Crippen molar-refractivity contribution in [2.45, 2.75) is 0 Å². The van der Waals surface area contributed by atoms with E-state index in [4.69, 9.17) is 32.7 Å². The molecule has 12 heteroatoms. The van der Waals surface area contributed by atoms with Gasteiger partial charge in [0.25, 0.3) is 17.5 Å². The number of nitrogens with zero attached hydrogens (tertiary/aromatic N) is 1. The van der Waals surface area contributed by atoms with Crippen molar-refractivity contribution >= 4 is 57.8 Å². The maximum atomic E-state index is 12.5. The number of nitro benzene ring substituents is 1. The average molecular weight is 511 g/mol. The number of anilines is 2. The summed E-state index contributed by atoms with van der Waals surface area (Å²) in [7, 11) is 0. The molecule has 0 saturated carbocycles. The fourth-order valence-corrected chi connectivity index (χ4v) is 3.44. The van der Waals surface area contributed by atoms with Crippen molar-refractivity contribution in [2.24, 2.45) is 0 Å². The fraction of sp³-hybridized carbons (Fsp3) is 0. The molecular formula is C23H15ClN4O6S. The van der Waals surface area contributed by atoms with Crippen molar-refractivity contribution in [3.8, 4) is 11.3 Å². The monoisotopic (exact) mass is 510 g/mol. The van der Waals surface area contributed by atoms with E-state index in [1.165, 1.54) is 48.7 Å². The minimum absolute atomic E-state index is 0.0215. The molecule has 0 aliphatic rings. The maximum absolute atomic E-state index is 12.5. The molecular weight excluding hydrogens is 496 g/mol. The van der Waals surface area contributed by atoms with Crippen molar-refractivity contribution in [1.29, 1.82) is 0 Å². The summed E-state index contributed by atoms with van der Waals surface area (Å²) in [6, 6.07) is 16.6. The minimum atomic E-state index is -0.618. The van der Waals surface area contributed by atoms with Gasteiger partial charge in [0.2, 0.25) is 0 Å². The molecule has 0 bridgehead atoms. The van der Waals surface area contributed by atoms with Crippen molar-refractivity contribution in [1.82, 2.24) is 5.32 Å². The Kier molecular flexibility index (Phi) is 6.90. The lowest BCUT2D eigenvalue weighted by Crippen LogP contribution is -2.33. The first-order chi connectivity index (χ1) is 16.8. The van der Waals surface area contributed by atoms with Crippen LogP contribution in [0.5, 0.6) is 0 Å². The summed E-state index contributed by atoms with van der Waals surface area (Å²) in [6.45, 7) is 0. The molecule has 2 amide bonds. The Balaban J connectivity index is 1.37. The van der Waals surface area contributed by atoms with Gasteiger partial charge in [0, 0.05) is 23.4 Å². The number of halogens is 1. The van der Waals surface area contributed by atoms with Crippen LogP contribution in [-0.2, 0) is 0 Å². The molecule has 0 aliphatic carbocycles. The average Bonchev–Trinajstić information content (AvgIpc) is 3.53. The third-order valence-corrected chi connectivity index (χ3v) is 5.14. The number of rotatable bonds is 6. The standard InChI is InChI=1S/C23H15ClN4O6S/c24-16-12-14(6-7-17(16)26-21(29)19-5-2-10-33-19)25-23(35)27-22(30)20-9-8-18(34-20)13-3-1-4-15(11-13)28(31)32/h1-12H,(H,26,29)(H2,25,27,30,35). The predicted molar refractivity (Wildman–Crippen MR) is 133 cm³/mol. The SMILES string of the molecule is O=C(Nc1ccc(NC(=S)NC(=O)c2ccc(-c3cccc([N+](=O)[O-])c3)o2)cc1Cl)c1ccco1. The van der Waals surface area contributed by atoms with E-state index in [9.17, 15) is 19.7 Å². The second-order valence-electron chi connectivity index (χ2n) is 7.01. The Morgan fingerprint density at radius 1 is 0.943 bits per heavy atom. The summed E-state index contributed by atoms with van der Waals surface area (Å²) in [6.07, 6.45) is 1.38. The van der Waals surface area contributed by atoms with Gasteiger partial charge in [-0.25, -0.2) is 0 Å². The number of thiocarbonyl (C=S) groups is 1. The summed E-state index contributed by atoms with van der Waals surface area (Å²) in [4.78, 5) is 35.0. The first kappa shape index (κ1) is 23.7. The smallest absolute Gasteiger partial charge is 0.293 e. The zero-order valence-electron chi connectivity index (χ0n) is 17.6. The van der Waals surface area contributed by atoms with Gasteiger partial charge in [0.05, 0.1) is 21.9 Å². The molecule has 0 saturated heterocycles. The molecule has 2 aromatic heterocycles. The first-order valence-corrected chi connectivity index (χ1v) is 10.7. The summed E-state index contributed by atoms with van der Waals surface area (Å²) in [5.41, 5.74) is 1.18. The number of benzene rings is 2. The summed E-state index contributed by atoms with van der Waals surface area (Å²) >= 11 is 11.4. The van der Waals surface area contributed by atoms with Crippen LogP contribution in [0.3, 0.4) is 0 Å². The number of carbonyl (C=O) groups excluding carboxylic acids is 2. The normalized spacial score (nSPS) is 10.4. The molecule has 0 spiro atoms. The van der Waals surface area contributed by atoms with Crippen LogP contribution in [0, 0.1) is 10.1 Å². The lowest BCUT2D eigenvalue weighted by atomic mass is 10.1. The second kappa shape index (κ2) is 10.2. The number of furan rings is 2. The van der Waals surface area contributed by atoms with Gasteiger partial charge < -0.3 is 19.5 Å². The van der Waals surface area contributed by atoms with Crippen LogP contribution < -0.4 is 16.0 Å². The van der Waals surface area contributed by atoms with Crippen molar-refractivity contribution in [3.63, 3.8) is 0 Å². The molecule has 2 heterocycles. The van der Waals surface area contributed by atoms with Gasteiger partial charge in [0.15, 0.2) is 16.6 Å². The molecule has 0 unspecified atom stereocenters. The minimum Gasteiger partial charge on any atom is -0.459 e. The summed E-state index contributed by atoms with van der Waals surface area (Å²) in [5, 5.41) is 19.1. The third-order valence-electron chi connectivity index (χ3n) is 4.62. The lowest BCUT2D eigenvalue weighted by Gasteiger charge is -2.11. The molecule has 3 N–H and O–H groups in total. The second-order valence-corrected chi connectivity index (χ2v) is 7.82. The van der Waals surface area contributed by atoms with Crippen LogP contribution in [0.2, 0.25) is 5.02 Å². The fourth-order valence-electron chi connectivity index (χ4n) is 3.00. The quantitative estimate of drug-likeness (QED) is 0.176. The van der Waals surface area contributed by atoms with Crippen molar-refractivity contribution < 1.29 is 23.3 Å². The number of hydrogen-bond donors (Lipinski definition) is 3. The first-order valence-electron chi connectivity index (χ1n) is 9.91. The molecule has 4 aromatic rings. The molecule has 2 aromatic carbocycles. The highest BCUT2D eigenvalue weighted by molar-refractivity contribution is 7.80. The van der Waals surface area contributed by atoms with Gasteiger partial charge in [-0.05, 0) is 54.7 Å². The number of nitrogens with one attached hydrogen (secondary N) is 3. The highest BCUT2D eigenvalue weighted by Gasteiger charge is 2.16. The molecule has 35 heavy (non-hydrogen) atoms. The number of nitro groups is 1. The zero-order chi connectivity index (χ0) is 24.9.